The highest BCUT2D eigenvalue weighted by Gasteiger charge is 2.39. The third-order valence-corrected chi connectivity index (χ3v) is 5.56. The van der Waals surface area contributed by atoms with Gasteiger partial charge in [0.05, 0.1) is 11.4 Å². The summed E-state index contributed by atoms with van der Waals surface area (Å²) in [6.07, 6.45) is 2.24. The van der Waals surface area contributed by atoms with E-state index in [1.807, 2.05) is 43.5 Å². The number of nitrogens with zero attached hydrogens (tertiary/aromatic N) is 1. The number of rotatable bonds is 5. The van der Waals surface area contributed by atoms with E-state index in [0.29, 0.717) is 11.3 Å². The quantitative estimate of drug-likeness (QED) is 0.537. The molecule has 132 valence electrons. The van der Waals surface area contributed by atoms with E-state index < -0.39 is 12.1 Å². The predicted molar refractivity (Wildman–Crippen MR) is 99.4 cm³/mol. The highest BCUT2D eigenvalue weighted by atomic mass is 32.1. The van der Waals surface area contributed by atoms with Crippen molar-refractivity contribution in [3.63, 3.8) is 0 Å². The number of hydrogen-bond donors (Lipinski definition) is 2. The van der Waals surface area contributed by atoms with Gasteiger partial charge in [0.25, 0.3) is 5.91 Å². The first-order chi connectivity index (χ1) is 12.5. The highest BCUT2D eigenvalue weighted by molar-refractivity contribution is 7.14. The van der Waals surface area contributed by atoms with Gasteiger partial charge in [0.15, 0.2) is 5.78 Å². The summed E-state index contributed by atoms with van der Waals surface area (Å²) in [5, 5.41) is 3.72. The molecule has 0 radical (unpaired) electrons. The van der Waals surface area contributed by atoms with E-state index >= 15 is 0 Å². The van der Waals surface area contributed by atoms with Gasteiger partial charge in [-0.1, -0.05) is 18.2 Å². The van der Waals surface area contributed by atoms with Crippen LogP contribution in [0.2, 0.25) is 0 Å². The third kappa shape index (κ3) is 2.90. The van der Waals surface area contributed by atoms with Gasteiger partial charge in [-0.2, -0.15) is 0 Å². The van der Waals surface area contributed by atoms with Crippen LogP contribution in [0.15, 0.2) is 42.6 Å². The number of para-hydroxylation sites is 1. The van der Waals surface area contributed by atoms with Crippen molar-refractivity contribution in [3.8, 4) is 0 Å². The van der Waals surface area contributed by atoms with Crippen LogP contribution < -0.4 is 5.32 Å². The maximum absolute atomic E-state index is 12.6. The second-order valence-electron chi connectivity index (χ2n) is 6.32. The molecule has 1 aliphatic rings. The van der Waals surface area contributed by atoms with Crippen molar-refractivity contribution in [1.29, 1.82) is 0 Å². The lowest BCUT2D eigenvalue weighted by atomic mass is 10.1. The molecule has 0 saturated carbocycles. The fourth-order valence-corrected chi connectivity index (χ4v) is 3.99. The van der Waals surface area contributed by atoms with Crippen molar-refractivity contribution < 1.29 is 14.4 Å². The van der Waals surface area contributed by atoms with Crippen LogP contribution in [0.1, 0.15) is 20.1 Å². The Hall–Kier alpha value is -2.93. The molecule has 0 unspecified atom stereocenters. The zero-order valence-electron chi connectivity index (χ0n) is 14.1. The van der Waals surface area contributed by atoms with Crippen LogP contribution in [0, 0.1) is 6.92 Å². The van der Waals surface area contributed by atoms with Gasteiger partial charge in [0.2, 0.25) is 0 Å². The van der Waals surface area contributed by atoms with Gasteiger partial charge in [-0.3, -0.25) is 14.5 Å². The van der Waals surface area contributed by atoms with E-state index in [9.17, 15) is 14.4 Å². The van der Waals surface area contributed by atoms with E-state index in [2.05, 4.69) is 10.3 Å². The molecule has 4 rings (SSSR count). The lowest BCUT2D eigenvalue weighted by molar-refractivity contribution is -0.127. The normalized spacial score (nSPS) is 17.1. The minimum atomic E-state index is -0.653. The number of imide groups is 1. The lowest BCUT2D eigenvalue weighted by Gasteiger charge is -2.11. The topological polar surface area (TPSA) is 82.3 Å². The molecule has 3 amide bonds. The average Bonchev–Trinajstić information content (AvgIpc) is 3.30. The number of fused-ring (bicyclic) bond motifs is 1. The van der Waals surface area contributed by atoms with E-state index in [-0.39, 0.29) is 18.2 Å². The van der Waals surface area contributed by atoms with Gasteiger partial charge in [0.1, 0.15) is 6.04 Å². The summed E-state index contributed by atoms with van der Waals surface area (Å²) in [4.78, 5) is 42.9. The number of hydrogen-bond acceptors (Lipinski definition) is 4. The molecule has 1 fully saturated rings. The molecule has 7 heteroatoms. The molecule has 3 heterocycles. The summed E-state index contributed by atoms with van der Waals surface area (Å²) in [5.41, 5.74) is 1.95. The van der Waals surface area contributed by atoms with Crippen LogP contribution in [0.3, 0.4) is 0 Å². The van der Waals surface area contributed by atoms with Crippen molar-refractivity contribution in [2.45, 2.75) is 19.4 Å². The van der Waals surface area contributed by atoms with Gasteiger partial charge in [-0.15, -0.1) is 11.3 Å². The Morgan fingerprint density at radius 1 is 1.19 bits per heavy atom. The van der Waals surface area contributed by atoms with Gasteiger partial charge < -0.3 is 10.3 Å². The molecule has 1 aromatic carbocycles. The Morgan fingerprint density at radius 3 is 2.77 bits per heavy atom. The molecule has 6 nitrogen and oxygen atoms in total. The highest BCUT2D eigenvalue weighted by Crippen LogP contribution is 2.22. The second-order valence-corrected chi connectivity index (χ2v) is 7.61. The minimum Gasteiger partial charge on any atom is -0.361 e. The second kappa shape index (κ2) is 6.42. The van der Waals surface area contributed by atoms with Crippen LogP contribution in [0.5, 0.6) is 0 Å². The van der Waals surface area contributed by atoms with E-state index in [0.717, 1.165) is 26.2 Å². The molecule has 0 bridgehead atoms. The van der Waals surface area contributed by atoms with Gasteiger partial charge in [0, 0.05) is 28.4 Å². The summed E-state index contributed by atoms with van der Waals surface area (Å²) in [7, 11) is 0. The zero-order chi connectivity index (χ0) is 18.3. The summed E-state index contributed by atoms with van der Waals surface area (Å²) in [5.74, 6) is -0.582. The SMILES string of the molecule is Cc1ccc(C(=O)CN2C(=O)N[C@@H](Cc3c[nH]c4ccccc34)C2=O)s1. The molecular weight excluding hydrogens is 350 g/mol. The van der Waals surface area contributed by atoms with Crippen molar-refractivity contribution in [1.82, 2.24) is 15.2 Å². The number of carbonyl (C=O) groups is 3. The summed E-state index contributed by atoms with van der Waals surface area (Å²) in [6, 6.07) is 10.2. The molecule has 1 atom stereocenters. The van der Waals surface area contributed by atoms with Crippen LogP contribution in [-0.4, -0.2) is 40.2 Å². The number of H-pyrrole nitrogens is 1. The Kier molecular flexibility index (Phi) is 4.08. The molecule has 1 aliphatic heterocycles. The number of aromatic nitrogens is 1. The maximum atomic E-state index is 12.6. The number of urea groups is 1. The number of aryl methyl sites for hydroxylation is 1. The number of ketones is 1. The molecule has 26 heavy (non-hydrogen) atoms. The largest absolute Gasteiger partial charge is 0.361 e. The van der Waals surface area contributed by atoms with E-state index in [1.54, 1.807) is 6.07 Å². The molecule has 0 aliphatic carbocycles. The molecule has 0 spiro atoms. The fraction of sp³-hybridized carbons (Fsp3) is 0.211. The fourth-order valence-electron chi connectivity index (χ4n) is 3.19. The van der Waals surface area contributed by atoms with Gasteiger partial charge in [-0.25, -0.2) is 4.79 Å². The molecule has 1 saturated heterocycles. The Labute approximate surface area is 153 Å². The molecule has 2 aromatic heterocycles. The minimum absolute atomic E-state index is 0.223. The Balaban J connectivity index is 1.49. The summed E-state index contributed by atoms with van der Waals surface area (Å²) >= 11 is 1.36. The van der Waals surface area contributed by atoms with Crippen molar-refractivity contribution >= 4 is 40.0 Å². The number of benzene rings is 1. The van der Waals surface area contributed by atoms with Crippen molar-refractivity contribution in [3.05, 3.63) is 57.9 Å². The average molecular weight is 367 g/mol. The Bertz CT molecular complexity index is 1020. The number of aromatic amines is 1. The number of nitrogens with one attached hydrogen (secondary N) is 2. The van der Waals surface area contributed by atoms with Crippen LogP contribution in [0.25, 0.3) is 10.9 Å². The first-order valence-corrected chi connectivity index (χ1v) is 9.11. The van der Waals surface area contributed by atoms with E-state index in [1.165, 1.54) is 11.3 Å². The lowest BCUT2D eigenvalue weighted by Crippen LogP contribution is -2.36. The summed E-state index contributed by atoms with van der Waals surface area (Å²) < 4.78 is 0. The standard InChI is InChI=1S/C19H17N3O3S/c1-11-6-7-17(26-11)16(23)10-22-18(24)15(21-19(22)25)8-12-9-20-14-5-3-2-4-13(12)14/h2-7,9,15,20H,8,10H2,1H3,(H,21,25)/t15-/m0/s1. The zero-order valence-corrected chi connectivity index (χ0v) is 14.9. The number of carbonyl (C=O) groups excluding carboxylic acids is 3. The molecule has 2 N–H and O–H groups in total. The summed E-state index contributed by atoms with van der Waals surface area (Å²) in [6.45, 7) is 1.68. The smallest absolute Gasteiger partial charge is 0.325 e. The van der Waals surface area contributed by atoms with Crippen molar-refractivity contribution in [2.24, 2.45) is 0 Å². The van der Waals surface area contributed by atoms with Gasteiger partial charge >= 0.3 is 6.03 Å². The number of thiophene rings is 1. The van der Waals surface area contributed by atoms with Crippen LogP contribution in [0.4, 0.5) is 4.79 Å². The third-order valence-electron chi connectivity index (χ3n) is 4.52. The van der Waals surface area contributed by atoms with Crippen molar-refractivity contribution in [2.75, 3.05) is 6.54 Å². The molecule has 3 aromatic rings. The van der Waals surface area contributed by atoms with Gasteiger partial charge in [-0.05, 0) is 30.7 Å². The number of Topliss-reactive ketones (excluding diaryl/α,β-unsaturated/α-hetero) is 1. The van der Waals surface area contributed by atoms with Crippen LogP contribution in [-0.2, 0) is 11.2 Å². The van der Waals surface area contributed by atoms with E-state index in [4.69, 9.17) is 0 Å². The first-order valence-electron chi connectivity index (χ1n) is 8.29. The van der Waals surface area contributed by atoms with Crippen LogP contribution >= 0.6 is 11.3 Å². The Morgan fingerprint density at radius 2 is 2.00 bits per heavy atom. The monoisotopic (exact) mass is 367 g/mol. The predicted octanol–water partition coefficient (Wildman–Crippen LogP) is 2.88. The maximum Gasteiger partial charge on any atom is 0.325 e. The number of amides is 3. The first kappa shape index (κ1) is 16.5. The molecular formula is C19H17N3O3S.